The SMILES string of the molecule is CC1(C(=O)OC2C[C@@H]3[C@@H]4C[C@@H]4[C@H](C2)[N+]3(C)C)c2ccccc2Oc2ccccc21. The Hall–Kier alpha value is -2.33. The summed E-state index contributed by atoms with van der Waals surface area (Å²) >= 11 is 0. The van der Waals surface area contributed by atoms with Crippen molar-refractivity contribution in [3.05, 3.63) is 59.7 Å². The van der Waals surface area contributed by atoms with Crippen molar-refractivity contribution in [3.8, 4) is 11.5 Å². The zero-order chi connectivity index (χ0) is 20.0. The van der Waals surface area contributed by atoms with Gasteiger partial charge in [0, 0.05) is 35.8 Å². The van der Waals surface area contributed by atoms with Crippen LogP contribution >= 0.6 is 0 Å². The molecule has 0 radical (unpaired) electrons. The van der Waals surface area contributed by atoms with Gasteiger partial charge in [-0.1, -0.05) is 36.4 Å². The fourth-order valence-electron chi connectivity index (χ4n) is 6.67. The molecule has 4 heteroatoms. The normalized spacial score (nSPS) is 34.2. The van der Waals surface area contributed by atoms with E-state index in [-0.39, 0.29) is 12.1 Å². The third kappa shape index (κ3) is 2.27. The van der Waals surface area contributed by atoms with Gasteiger partial charge in [0.25, 0.3) is 0 Å². The van der Waals surface area contributed by atoms with Gasteiger partial charge >= 0.3 is 5.97 Å². The van der Waals surface area contributed by atoms with Gasteiger partial charge in [-0.2, -0.15) is 0 Å². The summed E-state index contributed by atoms with van der Waals surface area (Å²) in [6.07, 6.45) is 3.39. The highest BCUT2D eigenvalue weighted by atomic mass is 16.5. The maximum absolute atomic E-state index is 13.7. The quantitative estimate of drug-likeness (QED) is 0.568. The number of fused-ring (bicyclic) bond motifs is 7. The lowest BCUT2D eigenvalue weighted by molar-refractivity contribution is -0.937. The molecule has 2 bridgehead atoms. The molecule has 2 aromatic rings. The second kappa shape index (κ2) is 5.63. The molecule has 1 saturated carbocycles. The van der Waals surface area contributed by atoms with E-state index in [9.17, 15) is 4.79 Å². The van der Waals surface area contributed by atoms with Crippen molar-refractivity contribution in [1.82, 2.24) is 0 Å². The zero-order valence-corrected chi connectivity index (χ0v) is 17.3. The molecule has 0 N–H and O–H groups in total. The monoisotopic (exact) mass is 390 g/mol. The Kier molecular flexibility index (Phi) is 3.40. The van der Waals surface area contributed by atoms with Crippen LogP contribution in [-0.2, 0) is 14.9 Å². The van der Waals surface area contributed by atoms with Gasteiger partial charge in [-0.15, -0.1) is 0 Å². The molecular weight excluding hydrogens is 362 g/mol. The maximum atomic E-state index is 13.7. The van der Waals surface area contributed by atoms with Crippen LogP contribution in [-0.4, -0.2) is 42.7 Å². The number of para-hydroxylation sites is 2. The van der Waals surface area contributed by atoms with Crippen molar-refractivity contribution in [1.29, 1.82) is 0 Å². The number of piperidine rings is 2. The second-order valence-electron chi connectivity index (χ2n) is 10.0. The van der Waals surface area contributed by atoms with Crippen LogP contribution in [0.2, 0.25) is 0 Å². The molecule has 6 rings (SSSR count). The smallest absolute Gasteiger partial charge is 0.321 e. The number of nitrogens with zero attached hydrogens (tertiary/aromatic N) is 1. The summed E-state index contributed by atoms with van der Waals surface area (Å²) in [5, 5.41) is 0. The molecule has 2 saturated heterocycles. The van der Waals surface area contributed by atoms with Crippen LogP contribution in [0.5, 0.6) is 11.5 Å². The summed E-state index contributed by atoms with van der Waals surface area (Å²) in [5.74, 6) is 3.03. The molecule has 0 spiro atoms. The molecule has 3 heterocycles. The minimum absolute atomic E-state index is 0.0236. The zero-order valence-electron chi connectivity index (χ0n) is 17.3. The van der Waals surface area contributed by atoms with E-state index in [1.165, 1.54) is 6.42 Å². The lowest BCUT2D eigenvalue weighted by Crippen LogP contribution is -2.59. The van der Waals surface area contributed by atoms with Gasteiger partial charge in [0.2, 0.25) is 0 Å². The highest BCUT2D eigenvalue weighted by Crippen LogP contribution is 2.61. The molecule has 0 amide bonds. The number of ether oxygens (including phenoxy) is 2. The van der Waals surface area contributed by atoms with Crippen molar-refractivity contribution in [2.75, 3.05) is 14.1 Å². The number of hydrogen-bond donors (Lipinski definition) is 0. The van der Waals surface area contributed by atoms with Crippen LogP contribution in [0.3, 0.4) is 0 Å². The molecule has 4 aliphatic rings. The summed E-state index contributed by atoms with van der Waals surface area (Å²) < 4.78 is 13.5. The van der Waals surface area contributed by atoms with Crippen molar-refractivity contribution in [2.45, 2.75) is 49.8 Å². The molecule has 29 heavy (non-hydrogen) atoms. The minimum atomic E-state index is -0.852. The summed E-state index contributed by atoms with van der Waals surface area (Å²) in [6, 6.07) is 17.0. The van der Waals surface area contributed by atoms with Crippen LogP contribution in [0.15, 0.2) is 48.5 Å². The van der Waals surface area contributed by atoms with Gasteiger partial charge in [-0.25, -0.2) is 0 Å². The summed E-state index contributed by atoms with van der Waals surface area (Å²) in [4.78, 5) is 13.7. The number of carbonyl (C=O) groups is 1. The van der Waals surface area contributed by atoms with E-state index >= 15 is 0 Å². The van der Waals surface area contributed by atoms with Crippen LogP contribution < -0.4 is 4.74 Å². The van der Waals surface area contributed by atoms with Gasteiger partial charge in [0.1, 0.15) is 23.0 Å². The highest BCUT2D eigenvalue weighted by molar-refractivity contribution is 5.90. The molecule has 150 valence electrons. The highest BCUT2D eigenvalue weighted by Gasteiger charge is 2.68. The summed E-state index contributed by atoms with van der Waals surface area (Å²) in [6.45, 7) is 1.99. The summed E-state index contributed by atoms with van der Waals surface area (Å²) in [5.41, 5.74) is 0.928. The summed E-state index contributed by atoms with van der Waals surface area (Å²) in [7, 11) is 4.73. The number of hydrogen-bond acceptors (Lipinski definition) is 3. The Morgan fingerprint density at radius 1 is 0.931 bits per heavy atom. The van der Waals surface area contributed by atoms with E-state index in [4.69, 9.17) is 9.47 Å². The minimum Gasteiger partial charge on any atom is -0.461 e. The first-order chi connectivity index (χ1) is 13.9. The topological polar surface area (TPSA) is 35.5 Å². The Balaban J connectivity index is 1.34. The number of quaternary nitrogens is 1. The van der Waals surface area contributed by atoms with E-state index in [1.807, 2.05) is 55.5 Å². The Morgan fingerprint density at radius 3 is 2.00 bits per heavy atom. The Morgan fingerprint density at radius 2 is 1.45 bits per heavy atom. The van der Waals surface area contributed by atoms with E-state index in [0.29, 0.717) is 12.1 Å². The van der Waals surface area contributed by atoms with Gasteiger partial charge in [-0.05, 0) is 25.5 Å². The van der Waals surface area contributed by atoms with Gasteiger partial charge < -0.3 is 14.0 Å². The lowest BCUT2D eigenvalue weighted by Gasteiger charge is -2.46. The molecule has 2 aromatic carbocycles. The van der Waals surface area contributed by atoms with Crippen molar-refractivity contribution >= 4 is 5.97 Å². The van der Waals surface area contributed by atoms with Gasteiger partial charge in [-0.3, -0.25) is 4.79 Å². The number of esters is 1. The molecule has 5 atom stereocenters. The molecular formula is C25H28NO3+. The lowest BCUT2D eigenvalue weighted by atomic mass is 9.74. The molecule has 4 nitrogen and oxygen atoms in total. The fourth-order valence-corrected chi connectivity index (χ4v) is 6.67. The van der Waals surface area contributed by atoms with Gasteiger partial charge in [0.15, 0.2) is 0 Å². The number of rotatable bonds is 2. The third-order valence-electron chi connectivity index (χ3n) is 8.35. The molecule has 1 aliphatic carbocycles. The fraction of sp³-hybridized carbons (Fsp3) is 0.480. The first kappa shape index (κ1) is 17.5. The predicted octanol–water partition coefficient (Wildman–Crippen LogP) is 4.27. The Bertz CT molecular complexity index is 947. The second-order valence-corrected chi connectivity index (χ2v) is 10.0. The molecule has 3 aliphatic heterocycles. The van der Waals surface area contributed by atoms with Crippen molar-refractivity contribution in [3.63, 3.8) is 0 Å². The van der Waals surface area contributed by atoms with Crippen molar-refractivity contribution in [2.24, 2.45) is 11.8 Å². The average Bonchev–Trinajstić information content (AvgIpc) is 3.46. The molecule has 0 aromatic heterocycles. The standard InChI is InChI=1S/C25H28NO3/c1-25(18-8-4-6-10-22(18)29-23-11-7-5-9-19(23)25)24(27)28-15-12-20-16-14-17(16)21(13-15)26(20,2)3/h4-11,15-17,20-21H,12-14H2,1-3H3/q+1/t15?,16-,17+,20-,21+. The maximum Gasteiger partial charge on any atom is 0.321 e. The van der Waals surface area contributed by atoms with E-state index in [1.54, 1.807) is 0 Å². The number of carbonyl (C=O) groups excluding carboxylic acids is 1. The van der Waals surface area contributed by atoms with Crippen molar-refractivity contribution < 1.29 is 18.8 Å². The van der Waals surface area contributed by atoms with Gasteiger partial charge in [0.05, 0.1) is 26.2 Å². The average molecular weight is 391 g/mol. The first-order valence-corrected chi connectivity index (χ1v) is 10.8. The first-order valence-electron chi connectivity index (χ1n) is 10.8. The third-order valence-corrected chi connectivity index (χ3v) is 8.35. The van der Waals surface area contributed by atoms with Crippen LogP contribution in [0.4, 0.5) is 0 Å². The molecule has 3 fully saturated rings. The number of benzene rings is 2. The van der Waals surface area contributed by atoms with E-state index in [0.717, 1.165) is 51.8 Å². The van der Waals surface area contributed by atoms with Crippen LogP contribution in [0.25, 0.3) is 0 Å². The van der Waals surface area contributed by atoms with Crippen LogP contribution in [0, 0.1) is 11.8 Å². The van der Waals surface area contributed by atoms with E-state index < -0.39 is 5.41 Å². The Labute approximate surface area is 172 Å². The largest absolute Gasteiger partial charge is 0.461 e. The van der Waals surface area contributed by atoms with Crippen LogP contribution in [0.1, 0.15) is 37.3 Å². The van der Waals surface area contributed by atoms with E-state index in [2.05, 4.69) is 14.1 Å². The predicted molar refractivity (Wildman–Crippen MR) is 110 cm³/mol. The molecule has 1 unspecified atom stereocenters.